The van der Waals surface area contributed by atoms with E-state index < -0.39 is 5.54 Å². The molecule has 35 heavy (non-hydrogen) atoms. The van der Waals surface area contributed by atoms with Crippen molar-refractivity contribution in [2.24, 2.45) is 5.92 Å². The van der Waals surface area contributed by atoms with Crippen LogP contribution in [-0.4, -0.2) is 73.0 Å². The van der Waals surface area contributed by atoms with Crippen molar-refractivity contribution in [2.75, 3.05) is 54.6 Å². The molecule has 1 aromatic heterocycles. The Morgan fingerprint density at radius 2 is 2.00 bits per heavy atom. The van der Waals surface area contributed by atoms with Gasteiger partial charge in [-0.05, 0) is 50.5 Å². The van der Waals surface area contributed by atoms with Gasteiger partial charge in [-0.3, -0.25) is 4.79 Å². The van der Waals surface area contributed by atoms with E-state index in [0.717, 1.165) is 42.9 Å². The summed E-state index contributed by atoms with van der Waals surface area (Å²) in [7, 11) is 0. The van der Waals surface area contributed by atoms with Gasteiger partial charge in [-0.2, -0.15) is 0 Å². The molecule has 1 saturated carbocycles. The fourth-order valence-electron chi connectivity index (χ4n) is 5.01. The molecule has 4 heterocycles. The molecular weight excluding hydrogens is 448 g/mol. The highest BCUT2D eigenvalue weighted by atomic mass is 16.5. The van der Waals surface area contributed by atoms with Crippen LogP contribution in [0.3, 0.4) is 0 Å². The Morgan fingerprint density at radius 3 is 2.74 bits per heavy atom. The van der Waals surface area contributed by atoms with Crippen molar-refractivity contribution in [1.29, 1.82) is 0 Å². The van der Waals surface area contributed by atoms with Crippen LogP contribution < -0.4 is 20.4 Å². The number of carbonyl (C=O) groups excluding carboxylic acids is 2. The average Bonchev–Trinajstić information content (AvgIpc) is 3.52. The number of morpholine rings is 1. The number of amides is 3. The maximum atomic E-state index is 13.7. The minimum absolute atomic E-state index is 0.0212. The molecule has 3 aliphatic heterocycles. The number of carbonyl (C=O) groups is 2. The third kappa shape index (κ3) is 4.21. The monoisotopic (exact) mass is 478 g/mol. The Bertz CT molecular complexity index is 1130. The van der Waals surface area contributed by atoms with Crippen LogP contribution in [0.25, 0.3) is 11.4 Å². The Hall–Kier alpha value is -3.24. The molecule has 2 saturated heterocycles. The van der Waals surface area contributed by atoms with Gasteiger partial charge >= 0.3 is 6.03 Å². The Labute approximate surface area is 204 Å². The Balaban J connectivity index is 1.29. The van der Waals surface area contributed by atoms with E-state index >= 15 is 0 Å². The fraction of sp³-hybridized carbons (Fsp3) is 0.520. The second-order valence-electron chi connectivity index (χ2n) is 9.98. The molecule has 0 radical (unpaired) electrons. The van der Waals surface area contributed by atoms with E-state index in [-0.39, 0.29) is 11.9 Å². The van der Waals surface area contributed by atoms with Gasteiger partial charge in [0.2, 0.25) is 0 Å². The smallest absolute Gasteiger partial charge is 0.319 e. The first-order valence-corrected chi connectivity index (χ1v) is 12.3. The third-order valence-corrected chi connectivity index (χ3v) is 7.22. The summed E-state index contributed by atoms with van der Waals surface area (Å²) < 4.78 is 11.3. The van der Waals surface area contributed by atoms with Crippen LogP contribution >= 0.6 is 0 Å². The standard InChI is InChI=1S/C25H30N6O4/c1-25-15-35-11-9-31(25)22-20(30(23(25)32)13-16-8-10-34-14-16)12-26-21(29-22)17-2-4-18(5-3-17)27-24(33)28-19-6-7-19/h2-5,12,16,19H,6-11,13-15H2,1H3,(H2,27,28,33)/t16-,25-/m0/s1. The summed E-state index contributed by atoms with van der Waals surface area (Å²) in [6.07, 6.45) is 4.78. The summed E-state index contributed by atoms with van der Waals surface area (Å²) in [4.78, 5) is 39.1. The molecule has 4 aliphatic rings. The first kappa shape index (κ1) is 22.2. The summed E-state index contributed by atoms with van der Waals surface area (Å²) in [6, 6.07) is 7.60. The SMILES string of the molecule is C[C@@]12COCCN1c1nc(-c3ccc(NC(=O)NC4CC4)cc3)ncc1N(C[C@@H]1CCOC1)C2=O. The average molecular weight is 479 g/mol. The van der Waals surface area contributed by atoms with Crippen LogP contribution in [0.5, 0.6) is 0 Å². The number of aromatic nitrogens is 2. The maximum absolute atomic E-state index is 13.7. The molecule has 3 fully saturated rings. The van der Waals surface area contributed by atoms with Crippen LogP contribution in [0.15, 0.2) is 30.5 Å². The molecule has 1 aliphatic carbocycles. The molecule has 184 valence electrons. The summed E-state index contributed by atoms with van der Waals surface area (Å²) in [5.74, 6) is 1.64. The molecule has 0 unspecified atom stereocenters. The van der Waals surface area contributed by atoms with E-state index in [2.05, 4.69) is 20.5 Å². The first-order chi connectivity index (χ1) is 17.0. The molecule has 0 bridgehead atoms. The van der Waals surface area contributed by atoms with Crippen molar-refractivity contribution in [1.82, 2.24) is 15.3 Å². The van der Waals surface area contributed by atoms with Gasteiger partial charge in [0.25, 0.3) is 5.91 Å². The summed E-state index contributed by atoms with van der Waals surface area (Å²) in [5, 5.41) is 5.78. The highest BCUT2D eigenvalue weighted by Gasteiger charge is 2.51. The lowest BCUT2D eigenvalue weighted by atomic mass is 9.93. The van der Waals surface area contributed by atoms with Gasteiger partial charge in [-0.1, -0.05) is 0 Å². The summed E-state index contributed by atoms with van der Waals surface area (Å²) in [6.45, 7) is 5.37. The molecular formula is C25H30N6O4. The number of anilines is 3. The second-order valence-corrected chi connectivity index (χ2v) is 9.98. The zero-order valence-electron chi connectivity index (χ0n) is 19.8. The van der Waals surface area contributed by atoms with Crippen LogP contribution in [0, 0.1) is 5.92 Å². The van der Waals surface area contributed by atoms with E-state index in [4.69, 9.17) is 14.5 Å². The van der Waals surface area contributed by atoms with E-state index in [1.807, 2.05) is 36.1 Å². The first-order valence-electron chi connectivity index (χ1n) is 12.3. The largest absolute Gasteiger partial charge is 0.381 e. The molecule has 2 atom stereocenters. The normalized spacial score (nSPS) is 25.7. The minimum atomic E-state index is -0.807. The van der Waals surface area contributed by atoms with Gasteiger partial charge < -0.3 is 29.9 Å². The van der Waals surface area contributed by atoms with E-state index in [0.29, 0.717) is 56.4 Å². The molecule has 2 N–H and O–H groups in total. The highest BCUT2D eigenvalue weighted by Crippen LogP contribution is 2.41. The fourth-order valence-corrected chi connectivity index (χ4v) is 5.01. The van der Waals surface area contributed by atoms with E-state index in [9.17, 15) is 9.59 Å². The summed E-state index contributed by atoms with van der Waals surface area (Å²) >= 11 is 0. The van der Waals surface area contributed by atoms with Crippen LogP contribution in [0.4, 0.5) is 22.0 Å². The van der Waals surface area contributed by atoms with Gasteiger partial charge in [0, 0.05) is 42.9 Å². The summed E-state index contributed by atoms with van der Waals surface area (Å²) in [5.41, 5.74) is 1.48. The predicted molar refractivity (Wildman–Crippen MR) is 130 cm³/mol. The van der Waals surface area contributed by atoms with Gasteiger partial charge in [-0.15, -0.1) is 0 Å². The van der Waals surface area contributed by atoms with Crippen LogP contribution in [0.2, 0.25) is 0 Å². The van der Waals surface area contributed by atoms with Crippen molar-refractivity contribution in [3.8, 4) is 11.4 Å². The predicted octanol–water partition coefficient (Wildman–Crippen LogP) is 2.41. The number of nitrogens with one attached hydrogen (secondary N) is 2. The molecule has 0 spiro atoms. The zero-order valence-corrected chi connectivity index (χ0v) is 19.8. The number of urea groups is 1. The lowest BCUT2D eigenvalue weighted by molar-refractivity contribution is -0.127. The number of ether oxygens (including phenoxy) is 2. The number of fused-ring (bicyclic) bond motifs is 3. The van der Waals surface area contributed by atoms with Gasteiger partial charge in [0.05, 0.1) is 26.0 Å². The van der Waals surface area contributed by atoms with Crippen molar-refractivity contribution >= 4 is 29.1 Å². The van der Waals surface area contributed by atoms with Crippen LogP contribution in [-0.2, 0) is 14.3 Å². The lowest BCUT2D eigenvalue weighted by Crippen LogP contribution is -2.67. The molecule has 1 aromatic carbocycles. The van der Waals surface area contributed by atoms with Gasteiger partial charge in [0.15, 0.2) is 11.6 Å². The van der Waals surface area contributed by atoms with Crippen LogP contribution in [0.1, 0.15) is 26.2 Å². The quantitative estimate of drug-likeness (QED) is 0.679. The van der Waals surface area contributed by atoms with Gasteiger partial charge in [-0.25, -0.2) is 14.8 Å². The Morgan fingerprint density at radius 1 is 1.17 bits per heavy atom. The number of rotatable bonds is 5. The molecule has 6 rings (SSSR count). The van der Waals surface area contributed by atoms with Crippen molar-refractivity contribution in [3.05, 3.63) is 30.5 Å². The molecule has 3 amide bonds. The topological polar surface area (TPSA) is 109 Å². The molecule has 10 nitrogen and oxygen atoms in total. The number of nitrogens with zero attached hydrogens (tertiary/aromatic N) is 4. The number of hydrogen-bond donors (Lipinski definition) is 2. The van der Waals surface area contributed by atoms with Crippen molar-refractivity contribution in [3.63, 3.8) is 0 Å². The number of hydrogen-bond acceptors (Lipinski definition) is 7. The van der Waals surface area contributed by atoms with E-state index in [1.54, 1.807) is 6.20 Å². The Kier molecular flexibility index (Phi) is 5.57. The highest BCUT2D eigenvalue weighted by molar-refractivity contribution is 6.07. The van der Waals surface area contributed by atoms with Gasteiger partial charge in [0.1, 0.15) is 11.2 Å². The second kappa shape index (κ2) is 8.76. The van der Waals surface area contributed by atoms with Crippen molar-refractivity contribution in [2.45, 2.75) is 37.8 Å². The minimum Gasteiger partial charge on any atom is -0.381 e. The third-order valence-electron chi connectivity index (χ3n) is 7.22. The molecule has 2 aromatic rings. The van der Waals surface area contributed by atoms with E-state index in [1.165, 1.54) is 0 Å². The molecule has 10 heteroatoms. The van der Waals surface area contributed by atoms with Crippen molar-refractivity contribution < 1.29 is 19.1 Å². The zero-order chi connectivity index (χ0) is 24.0. The lowest BCUT2D eigenvalue weighted by Gasteiger charge is -2.50. The maximum Gasteiger partial charge on any atom is 0.319 e. The number of benzene rings is 1.